The molecule has 1 fully saturated rings. The minimum absolute atomic E-state index is 0.0355. The summed E-state index contributed by atoms with van der Waals surface area (Å²) < 4.78 is 12.0. The van der Waals surface area contributed by atoms with Crippen LogP contribution in [0.4, 0.5) is 0 Å². The van der Waals surface area contributed by atoms with Gasteiger partial charge < -0.3 is 14.1 Å². The lowest BCUT2D eigenvalue weighted by molar-refractivity contribution is -0.155. The van der Waals surface area contributed by atoms with E-state index < -0.39 is 0 Å². The van der Waals surface area contributed by atoms with Gasteiger partial charge >= 0.3 is 5.97 Å². The van der Waals surface area contributed by atoms with E-state index in [4.69, 9.17) is 9.15 Å². The van der Waals surface area contributed by atoms with Gasteiger partial charge in [0.1, 0.15) is 11.5 Å². The minimum Gasteiger partial charge on any atom is -0.459 e. The number of rotatable bonds is 6. The predicted octanol–water partition coefficient (Wildman–Crippen LogP) is 4.40. The average Bonchev–Trinajstić information content (AvgIpc) is 3.32. The quantitative estimate of drug-likeness (QED) is 0.650. The van der Waals surface area contributed by atoms with Crippen molar-refractivity contribution in [2.45, 2.75) is 32.2 Å². The number of halogens is 1. The molecule has 0 N–H and O–H groups in total. The molecule has 26 heavy (non-hydrogen) atoms. The number of likely N-dealkylation sites (N-methyl/N-ethyl adjacent to an activating group) is 1. The molecule has 1 aromatic carbocycles. The van der Waals surface area contributed by atoms with Crippen molar-refractivity contribution in [3.8, 4) is 11.3 Å². The van der Waals surface area contributed by atoms with Gasteiger partial charge in [-0.15, -0.1) is 0 Å². The van der Waals surface area contributed by atoms with Crippen LogP contribution in [0.5, 0.6) is 0 Å². The largest absolute Gasteiger partial charge is 0.459 e. The number of benzene rings is 1. The standard InChI is InChI=1S/C20H22BrNO4/c1-22(19(23)13-25-20(24)15-4-2-3-5-15)12-17-10-11-18(26-17)14-6-8-16(21)9-7-14/h6-11,15H,2-5,12-13H2,1H3. The first-order valence-electron chi connectivity index (χ1n) is 8.78. The van der Waals surface area contributed by atoms with Gasteiger partial charge in [-0.3, -0.25) is 9.59 Å². The number of hydrogen-bond donors (Lipinski definition) is 0. The van der Waals surface area contributed by atoms with Gasteiger partial charge in [0.25, 0.3) is 5.91 Å². The summed E-state index contributed by atoms with van der Waals surface area (Å²) >= 11 is 3.41. The van der Waals surface area contributed by atoms with Crippen LogP contribution in [0.1, 0.15) is 31.4 Å². The Morgan fingerprint density at radius 2 is 1.85 bits per heavy atom. The molecule has 1 saturated carbocycles. The van der Waals surface area contributed by atoms with Crippen molar-refractivity contribution in [3.63, 3.8) is 0 Å². The van der Waals surface area contributed by atoms with Gasteiger partial charge in [0, 0.05) is 17.1 Å². The third kappa shape index (κ3) is 4.75. The van der Waals surface area contributed by atoms with E-state index in [0.29, 0.717) is 12.3 Å². The topological polar surface area (TPSA) is 59.8 Å². The molecule has 0 aliphatic heterocycles. The molecular formula is C20H22BrNO4. The Morgan fingerprint density at radius 3 is 2.54 bits per heavy atom. The molecule has 1 aliphatic rings. The molecule has 138 valence electrons. The minimum atomic E-state index is -0.250. The van der Waals surface area contributed by atoms with Gasteiger partial charge in [-0.05, 0) is 37.1 Å². The van der Waals surface area contributed by atoms with Crippen LogP contribution in [0.2, 0.25) is 0 Å². The Labute approximate surface area is 161 Å². The highest BCUT2D eigenvalue weighted by Gasteiger charge is 2.25. The summed E-state index contributed by atoms with van der Waals surface area (Å²) in [4.78, 5) is 25.6. The lowest BCUT2D eigenvalue weighted by Crippen LogP contribution is -2.31. The second kappa shape index (κ2) is 8.54. The summed E-state index contributed by atoms with van der Waals surface area (Å²) in [6, 6.07) is 11.6. The zero-order valence-electron chi connectivity index (χ0n) is 14.7. The SMILES string of the molecule is CN(Cc1ccc(-c2ccc(Br)cc2)o1)C(=O)COC(=O)C1CCCC1. The smallest absolute Gasteiger partial charge is 0.309 e. The van der Waals surface area contributed by atoms with E-state index in [1.54, 1.807) is 7.05 Å². The zero-order chi connectivity index (χ0) is 18.5. The highest BCUT2D eigenvalue weighted by atomic mass is 79.9. The number of hydrogen-bond acceptors (Lipinski definition) is 4. The summed E-state index contributed by atoms with van der Waals surface area (Å²) in [5.74, 6) is 0.909. The Hall–Kier alpha value is -2.08. The normalized spacial score (nSPS) is 14.4. The molecule has 0 unspecified atom stereocenters. The number of carbonyl (C=O) groups excluding carboxylic acids is 2. The second-order valence-electron chi connectivity index (χ2n) is 6.61. The molecule has 1 aromatic heterocycles. The van der Waals surface area contributed by atoms with E-state index in [1.807, 2.05) is 36.4 Å². The molecule has 3 rings (SSSR count). The Morgan fingerprint density at radius 1 is 1.15 bits per heavy atom. The lowest BCUT2D eigenvalue weighted by atomic mass is 10.1. The molecule has 0 saturated heterocycles. The van der Waals surface area contributed by atoms with Crippen molar-refractivity contribution in [2.75, 3.05) is 13.7 Å². The monoisotopic (exact) mass is 419 g/mol. The molecule has 1 amide bonds. The van der Waals surface area contributed by atoms with Crippen LogP contribution >= 0.6 is 15.9 Å². The molecule has 0 radical (unpaired) electrons. The third-order valence-corrected chi connectivity index (χ3v) is 5.16. The van der Waals surface area contributed by atoms with Crippen LogP contribution in [0.3, 0.4) is 0 Å². The fourth-order valence-electron chi connectivity index (χ4n) is 3.08. The van der Waals surface area contributed by atoms with E-state index in [9.17, 15) is 9.59 Å². The van der Waals surface area contributed by atoms with Crippen molar-refractivity contribution in [1.82, 2.24) is 4.90 Å². The molecule has 5 nitrogen and oxygen atoms in total. The van der Waals surface area contributed by atoms with Gasteiger partial charge in [-0.2, -0.15) is 0 Å². The van der Waals surface area contributed by atoms with Crippen LogP contribution in [0.15, 0.2) is 45.3 Å². The lowest BCUT2D eigenvalue weighted by Gasteiger charge is -2.16. The molecule has 6 heteroatoms. The molecule has 0 atom stereocenters. The summed E-state index contributed by atoms with van der Waals surface area (Å²) in [7, 11) is 1.67. The van der Waals surface area contributed by atoms with Crippen molar-refractivity contribution in [3.05, 3.63) is 46.6 Å². The molecule has 1 aliphatic carbocycles. The van der Waals surface area contributed by atoms with Gasteiger partial charge in [-0.1, -0.05) is 40.9 Å². The van der Waals surface area contributed by atoms with Gasteiger partial charge in [-0.25, -0.2) is 0 Å². The Bertz CT molecular complexity index is 762. The molecule has 0 bridgehead atoms. The van der Waals surface area contributed by atoms with Crippen LogP contribution in [-0.4, -0.2) is 30.4 Å². The van der Waals surface area contributed by atoms with Gasteiger partial charge in [0.05, 0.1) is 12.5 Å². The zero-order valence-corrected chi connectivity index (χ0v) is 16.3. The number of nitrogens with zero attached hydrogens (tertiary/aromatic N) is 1. The molecule has 2 aromatic rings. The fourth-order valence-corrected chi connectivity index (χ4v) is 3.34. The van der Waals surface area contributed by atoms with Gasteiger partial charge in [0.15, 0.2) is 6.61 Å². The second-order valence-corrected chi connectivity index (χ2v) is 7.53. The number of carbonyl (C=O) groups is 2. The molecule has 1 heterocycles. The van der Waals surface area contributed by atoms with Crippen LogP contribution in [0.25, 0.3) is 11.3 Å². The average molecular weight is 420 g/mol. The third-order valence-electron chi connectivity index (χ3n) is 4.64. The van der Waals surface area contributed by atoms with Crippen molar-refractivity contribution < 1.29 is 18.7 Å². The Balaban J connectivity index is 1.51. The summed E-state index contributed by atoms with van der Waals surface area (Å²) in [6.45, 7) is 0.114. The van der Waals surface area contributed by atoms with E-state index in [-0.39, 0.29) is 24.4 Å². The first kappa shape index (κ1) is 18.7. The highest BCUT2D eigenvalue weighted by molar-refractivity contribution is 9.10. The first-order chi connectivity index (χ1) is 12.5. The first-order valence-corrected chi connectivity index (χ1v) is 9.57. The molecular weight excluding hydrogens is 398 g/mol. The van der Waals surface area contributed by atoms with Gasteiger partial charge in [0.2, 0.25) is 0 Å². The van der Waals surface area contributed by atoms with E-state index in [2.05, 4.69) is 15.9 Å². The maximum atomic E-state index is 12.2. The van der Waals surface area contributed by atoms with E-state index in [0.717, 1.165) is 41.5 Å². The number of amides is 1. The van der Waals surface area contributed by atoms with E-state index in [1.165, 1.54) is 4.90 Å². The van der Waals surface area contributed by atoms with Crippen LogP contribution in [0, 0.1) is 5.92 Å². The number of furan rings is 1. The van der Waals surface area contributed by atoms with E-state index >= 15 is 0 Å². The summed E-state index contributed by atoms with van der Waals surface area (Å²) in [5.41, 5.74) is 0.971. The van der Waals surface area contributed by atoms with Crippen molar-refractivity contribution >= 4 is 27.8 Å². The number of esters is 1. The maximum absolute atomic E-state index is 12.2. The Kier molecular flexibility index (Phi) is 6.14. The maximum Gasteiger partial charge on any atom is 0.309 e. The highest BCUT2D eigenvalue weighted by Crippen LogP contribution is 2.26. The molecule has 0 spiro atoms. The summed E-state index contributed by atoms with van der Waals surface area (Å²) in [6.07, 6.45) is 3.86. The summed E-state index contributed by atoms with van der Waals surface area (Å²) in [5, 5.41) is 0. The predicted molar refractivity (Wildman–Crippen MR) is 101 cm³/mol. The number of ether oxygens (including phenoxy) is 1. The van der Waals surface area contributed by atoms with Crippen molar-refractivity contribution in [1.29, 1.82) is 0 Å². The van der Waals surface area contributed by atoms with Crippen molar-refractivity contribution in [2.24, 2.45) is 5.92 Å². The van der Waals surface area contributed by atoms with Crippen LogP contribution < -0.4 is 0 Å². The van der Waals surface area contributed by atoms with Crippen LogP contribution in [-0.2, 0) is 20.9 Å². The fraction of sp³-hybridized carbons (Fsp3) is 0.400.